The topological polar surface area (TPSA) is 94.5 Å². The van der Waals surface area contributed by atoms with Crippen molar-refractivity contribution < 1.29 is 34.0 Å². The molecule has 2 saturated heterocycles. The molecule has 0 amide bonds. The second-order valence-electron chi connectivity index (χ2n) is 6.39. The summed E-state index contributed by atoms with van der Waals surface area (Å²) in [6.07, 6.45) is -3.87. The predicted octanol–water partition coefficient (Wildman–Crippen LogP) is 0.331. The molecule has 7 heteroatoms. The second kappa shape index (κ2) is 5.79. The van der Waals surface area contributed by atoms with Crippen LogP contribution in [0.3, 0.4) is 0 Å². The smallest absolute Gasteiger partial charge is 0.225 e. The highest BCUT2D eigenvalue weighted by molar-refractivity contribution is 5.85. The van der Waals surface area contributed by atoms with Crippen molar-refractivity contribution in [3.05, 3.63) is 29.8 Å². The Morgan fingerprint density at radius 2 is 2.00 bits per heavy atom. The van der Waals surface area contributed by atoms with Crippen LogP contribution in [-0.4, -0.2) is 59.9 Å². The molecule has 3 fully saturated rings. The Morgan fingerprint density at radius 3 is 2.71 bits per heavy atom. The predicted molar refractivity (Wildman–Crippen MR) is 80.4 cm³/mol. The highest BCUT2D eigenvalue weighted by atomic mass is 16.8. The summed E-state index contributed by atoms with van der Waals surface area (Å²) in [6.45, 7) is 0.370. The van der Waals surface area contributed by atoms with E-state index < -0.39 is 29.9 Å². The van der Waals surface area contributed by atoms with Crippen molar-refractivity contribution in [3.8, 4) is 5.75 Å². The van der Waals surface area contributed by atoms with Crippen molar-refractivity contribution >= 4 is 5.78 Å². The van der Waals surface area contributed by atoms with Gasteiger partial charge in [0, 0.05) is 12.8 Å². The maximum absolute atomic E-state index is 11.9. The van der Waals surface area contributed by atoms with Gasteiger partial charge in [0.05, 0.1) is 19.8 Å². The summed E-state index contributed by atoms with van der Waals surface area (Å²) in [5.41, 5.74) is 0.907. The van der Waals surface area contributed by atoms with Gasteiger partial charge in [0.1, 0.15) is 30.2 Å². The Balaban J connectivity index is 1.65. The van der Waals surface area contributed by atoms with Gasteiger partial charge in [0.15, 0.2) is 5.78 Å². The summed E-state index contributed by atoms with van der Waals surface area (Å²) < 4.78 is 23.0. The SMILES string of the molecule is COc1ccc([C@@H]2O[C@H]3CC(=O)[C@H](O)[C@H](O)[C@]34OCC[C@H]2O4)cc1. The quantitative estimate of drug-likeness (QED) is 0.804. The highest BCUT2D eigenvalue weighted by Crippen LogP contribution is 2.47. The summed E-state index contributed by atoms with van der Waals surface area (Å²) in [5, 5.41) is 20.3. The van der Waals surface area contributed by atoms with Crippen LogP contribution in [0.2, 0.25) is 0 Å². The fraction of sp³-hybridized carbons (Fsp3) is 0.588. The van der Waals surface area contributed by atoms with E-state index in [1.54, 1.807) is 7.11 Å². The van der Waals surface area contributed by atoms with E-state index in [-0.39, 0.29) is 18.6 Å². The molecule has 1 aromatic rings. The minimum absolute atomic E-state index is 0.0579. The van der Waals surface area contributed by atoms with Gasteiger partial charge in [0.2, 0.25) is 5.79 Å². The van der Waals surface area contributed by atoms with Crippen LogP contribution in [0.25, 0.3) is 0 Å². The van der Waals surface area contributed by atoms with E-state index in [0.29, 0.717) is 13.0 Å². The number of carbonyl (C=O) groups excluding carboxylic acids is 1. The molecule has 1 aliphatic carbocycles. The third-order valence-electron chi connectivity index (χ3n) is 5.04. The van der Waals surface area contributed by atoms with Crippen LogP contribution >= 0.6 is 0 Å². The third-order valence-corrected chi connectivity index (χ3v) is 5.04. The number of ether oxygens (including phenoxy) is 4. The lowest BCUT2D eigenvalue weighted by Gasteiger charge is -2.56. The van der Waals surface area contributed by atoms with Crippen LogP contribution in [0, 0.1) is 0 Å². The molecular weight excluding hydrogens is 316 g/mol. The molecule has 7 nitrogen and oxygen atoms in total. The summed E-state index contributed by atoms with van der Waals surface area (Å²) in [6, 6.07) is 7.46. The molecule has 2 N–H and O–H groups in total. The Labute approximate surface area is 139 Å². The van der Waals surface area contributed by atoms with Gasteiger partial charge in [0.25, 0.3) is 0 Å². The van der Waals surface area contributed by atoms with Crippen molar-refractivity contribution in [2.24, 2.45) is 0 Å². The van der Waals surface area contributed by atoms with Crippen LogP contribution in [0.5, 0.6) is 5.75 Å². The average molecular weight is 336 g/mol. The second-order valence-corrected chi connectivity index (χ2v) is 6.39. The molecule has 4 rings (SSSR count). The van der Waals surface area contributed by atoms with Crippen molar-refractivity contribution in [1.82, 2.24) is 0 Å². The van der Waals surface area contributed by atoms with E-state index in [4.69, 9.17) is 18.9 Å². The van der Waals surface area contributed by atoms with Crippen LogP contribution in [0.4, 0.5) is 0 Å². The molecule has 24 heavy (non-hydrogen) atoms. The molecule has 0 radical (unpaired) electrons. The number of Topliss-reactive ketones (excluding diaryl/α,β-unsaturated/α-hetero) is 1. The van der Waals surface area contributed by atoms with E-state index in [1.165, 1.54) is 0 Å². The van der Waals surface area contributed by atoms with Crippen molar-refractivity contribution in [2.75, 3.05) is 13.7 Å². The van der Waals surface area contributed by atoms with Crippen LogP contribution in [0.15, 0.2) is 24.3 Å². The van der Waals surface area contributed by atoms with Gasteiger partial charge < -0.3 is 29.2 Å². The number of rotatable bonds is 2. The number of methoxy groups -OCH3 is 1. The Morgan fingerprint density at radius 1 is 1.25 bits per heavy atom. The van der Waals surface area contributed by atoms with Gasteiger partial charge in [-0.2, -0.15) is 0 Å². The molecule has 3 aliphatic rings. The van der Waals surface area contributed by atoms with Gasteiger partial charge in [-0.15, -0.1) is 0 Å². The zero-order valence-corrected chi connectivity index (χ0v) is 13.3. The molecular formula is C17H20O7. The lowest BCUT2D eigenvalue weighted by Crippen LogP contribution is -2.72. The monoisotopic (exact) mass is 336 g/mol. The normalized spacial score (nSPS) is 41.6. The molecule has 0 aromatic heterocycles. The number of hydrogen-bond donors (Lipinski definition) is 2. The molecule has 2 heterocycles. The molecule has 6 atom stereocenters. The Kier molecular flexibility index (Phi) is 3.85. The molecule has 1 saturated carbocycles. The number of aliphatic hydroxyl groups is 2. The van der Waals surface area contributed by atoms with Crippen molar-refractivity contribution in [3.63, 3.8) is 0 Å². The van der Waals surface area contributed by atoms with Gasteiger partial charge in [-0.25, -0.2) is 0 Å². The zero-order valence-electron chi connectivity index (χ0n) is 13.3. The van der Waals surface area contributed by atoms with Crippen LogP contribution in [-0.2, 0) is 19.0 Å². The van der Waals surface area contributed by atoms with Gasteiger partial charge in [-0.3, -0.25) is 4.79 Å². The first kappa shape index (κ1) is 16.0. The summed E-state index contributed by atoms with van der Waals surface area (Å²) >= 11 is 0. The minimum Gasteiger partial charge on any atom is -0.497 e. The standard InChI is InChI=1S/C17H20O7/c1-21-10-4-2-9(3-5-10)15-12-6-7-22-17(24-12)13(23-15)8-11(18)14(19)16(17)20/h2-5,12-16,19-20H,6-8H2,1H3/t12-,13+,14+,15+,16+,17+/m1/s1. The van der Waals surface area contributed by atoms with Gasteiger partial charge in [-0.1, -0.05) is 12.1 Å². The largest absolute Gasteiger partial charge is 0.497 e. The number of ketones is 1. The van der Waals surface area contributed by atoms with E-state index in [0.717, 1.165) is 11.3 Å². The van der Waals surface area contributed by atoms with E-state index in [2.05, 4.69) is 0 Å². The zero-order chi connectivity index (χ0) is 16.9. The van der Waals surface area contributed by atoms with E-state index in [9.17, 15) is 15.0 Å². The highest BCUT2D eigenvalue weighted by Gasteiger charge is 2.63. The molecule has 130 valence electrons. The summed E-state index contributed by atoms with van der Waals surface area (Å²) in [5.74, 6) is -1.20. The van der Waals surface area contributed by atoms with Gasteiger partial charge >= 0.3 is 0 Å². The molecule has 2 bridgehead atoms. The number of hydrogen-bond acceptors (Lipinski definition) is 7. The van der Waals surface area contributed by atoms with Crippen molar-refractivity contribution in [2.45, 2.75) is 49.1 Å². The Bertz CT molecular complexity index is 630. The minimum atomic E-state index is -1.51. The maximum atomic E-state index is 11.9. The Hall–Kier alpha value is -1.51. The summed E-state index contributed by atoms with van der Waals surface area (Å²) in [4.78, 5) is 11.9. The molecule has 0 unspecified atom stereocenters. The first-order valence-corrected chi connectivity index (χ1v) is 8.05. The lowest BCUT2D eigenvalue weighted by atomic mass is 9.82. The number of carbonyl (C=O) groups is 1. The van der Waals surface area contributed by atoms with Gasteiger partial charge in [-0.05, 0) is 17.7 Å². The molecule has 2 aliphatic heterocycles. The molecule has 1 aromatic carbocycles. The fourth-order valence-electron chi connectivity index (χ4n) is 3.73. The average Bonchev–Trinajstić information content (AvgIpc) is 2.62. The molecule has 1 spiro atoms. The number of benzene rings is 1. The number of fused-ring (bicyclic) bond motifs is 1. The van der Waals surface area contributed by atoms with Crippen LogP contribution in [0.1, 0.15) is 24.5 Å². The first-order valence-electron chi connectivity index (χ1n) is 8.05. The summed E-state index contributed by atoms with van der Waals surface area (Å²) in [7, 11) is 1.60. The van der Waals surface area contributed by atoms with E-state index in [1.807, 2.05) is 24.3 Å². The maximum Gasteiger partial charge on any atom is 0.225 e. The number of aliphatic hydroxyl groups excluding tert-OH is 2. The van der Waals surface area contributed by atoms with E-state index >= 15 is 0 Å². The van der Waals surface area contributed by atoms with Crippen molar-refractivity contribution in [1.29, 1.82) is 0 Å². The lowest BCUT2D eigenvalue weighted by molar-refractivity contribution is -0.426. The first-order chi connectivity index (χ1) is 11.5. The van der Waals surface area contributed by atoms with Crippen LogP contribution < -0.4 is 4.74 Å². The third kappa shape index (κ3) is 2.28. The fourth-order valence-corrected chi connectivity index (χ4v) is 3.73.